The van der Waals surface area contributed by atoms with Crippen molar-refractivity contribution in [3.63, 3.8) is 0 Å². The van der Waals surface area contributed by atoms with Crippen LogP contribution in [-0.2, 0) is 14.3 Å². The number of esters is 1. The van der Waals surface area contributed by atoms with E-state index in [9.17, 15) is 14.4 Å². The largest absolute Gasteiger partial charge is 0.451 e. The zero-order valence-electron chi connectivity index (χ0n) is 11.9. The lowest BCUT2D eigenvalue weighted by Crippen LogP contribution is -2.36. The van der Waals surface area contributed by atoms with E-state index in [4.69, 9.17) is 16.3 Å². The van der Waals surface area contributed by atoms with Gasteiger partial charge in [0.25, 0.3) is 11.1 Å². The van der Waals surface area contributed by atoms with Crippen LogP contribution >= 0.6 is 23.4 Å². The molecule has 1 saturated heterocycles. The molecule has 1 aromatic rings. The van der Waals surface area contributed by atoms with E-state index in [2.05, 4.69) is 5.32 Å². The molecule has 0 bridgehead atoms. The van der Waals surface area contributed by atoms with Gasteiger partial charge in [0.05, 0.1) is 0 Å². The number of carbonyl (C=O) groups excluding carboxylic acids is 3. The van der Waals surface area contributed by atoms with Crippen molar-refractivity contribution in [1.82, 2.24) is 4.90 Å². The minimum Gasteiger partial charge on any atom is -0.451 e. The van der Waals surface area contributed by atoms with Crippen molar-refractivity contribution in [3.8, 4) is 0 Å². The molecule has 1 aliphatic heterocycles. The van der Waals surface area contributed by atoms with Gasteiger partial charge in [-0.3, -0.25) is 14.4 Å². The average molecular weight is 343 g/mol. The lowest BCUT2D eigenvalue weighted by Gasteiger charge is -2.17. The fraction of sp³-hybridized carbons (Fsp3) is 0.357. The van der Waals surface area contributed by atoms with Crippen molar-refractivity contribution in [1.29, 1.82) is 0 Å². The van der Waals surface area contributed by atoms with Crippen LogP contribution in [0.3, 0.4) is 0 Å². The predicted molar refractivity (Wildman–Crippen MR) is 85.1 cm³/mol. The van der Waals surface area contributed by atoms with Crippen LogP contribution in [0.15, 0.2) is 24.3 Å². The number of amides is 2. The Labute approximate surface area is 137 Å². The maximum absolute atomic E-state index is 11.9. The molecule has 0 unspecified atom stereocenters. The molecule has 0 aliphatic carbocycles. The molecule has 0 saturated carbocycles. The Morgan fingerprint density at radius 2 is 2.27 bits per heavy atom. The summed E-state index contributed by atoms with van der Waals surface area (Å²) in [6.07, 6.45) is -0.961. The molecule has 118 valence electrons. The van der Waals surface area contributed by atoms with Crippen molar-refractivity contribution in [2.75, 3.05) is 24.2 Å². The highest BCUT2D eigenvalue weighted by atomic mass is 35.5. The van der Waals surface area contributed by atoms with Gasteiger partial charge in [-0.25, -0.2) is 0 Å². The molecule has 1 fully saturated rings. The van der Waals surface area contributed by atoms with Crippen LogP contribution in [-0.4, -0.2) is 47.0 Å². The first-order valence-electron chi connectivity index (χ1n) is 6.63. The Morgan fingerprint density at radius 1 is 1.50 bits per heavy atom. The quantitative estimate of drug-likeness (QED) is 0.831. The molecule has 8 heteroatoms. The predicted octanol–water partition coefficient (Wildman–Crippen LogP) is 2.38. The highest BCUT2D eigenvalue weighted by Crippen LogP contribution is 2.17. The van der Waals surface area contributed by atoms with Crippen LogP contribution in [0.1, 0.15) is 6.92 Å². The van der Waals surface area contributed by atoms with Gasteiger partial charge in [0, 0.05) is 23.0 Å². The van der Waals surface area contributed by atoms with E-state index in [-0.39, 0.29) is 11.8 Å². The number of nitrogens with zero attached hydrogens (tertiary/aromatic N) is 1. The summed E-state index contributed by atoms with van der Waals surface area (Å²) in [7, 11) is 0. The molecule has 0 spiro atoms. The van der Waals surface area contributed by atoms with Crippen molar-refractivity contribution in [2.24, 2.45) is 0 Å². The van der Waals surface area contributed by atoms with Gasteiger partial charge in [-0.05, 0) is 25.1 Å². The number of halogens is 1. The Morgan fingerprint density at radius 3 is 2.91 bits per heavy atom. The van der Waals surface area contributed by atoms with Gasteiger partial charge in [-0.15, -0.1) is 0 Å². The highest BCUT2D eigenvalue weighted by Gasteiger charge is 2.26. The summed E-state index contributed by atoms with van der Waals surface area (Å²) in [5, 5.41) is 2.95. The maximum atomic E-state index is 11.9. The average Bonchev–Trinajstić information content (AvgIpc) is 2.84. The van der Waals surface area contributed by atoms with E-state index in [0.29, 0.717) is 23.0 Å². The van der Waals surface area contributed by atoms with Gasteiger partial charge in [-0.1, -0.05) is 29.4 Å². The van der Waals surface area contributed by atoms with Crippen LogP contribution in [0, 0.1) is 0 Å². The van der Waals surface area contributed by atoms with E-state index in [1.165, 1.54) is 11.8 Å². The number of carbonyl (C=O) groups is 3. The zero-order chi connectivity index (χ0) is 16.1. The molecule has 1 heterocycles. The molecular formula is C14H15ClN2O4S. The normalized spacial score (nSPS) is 15.5. The van der Waals surface area contributed by atoms with Crippen molar-refractivity contribution in [2.45, 2.75) is 13.0 Å². The molecular weight excluding hydrogens is 328 g/mol. The summed E-state index contributed by atoms with van der Waals surface area (Å²) in [6, 6.07) is 6.66. The highest BCUT2D eigenvalue weighted by molar-refractivity contribution is 8.13. The van der Waals surface area contributed by atoms with Gasteiger partial charge in [-0.2, -0.15) is 0 Å². The van der Waals surface area contributed by atoms with Gasteiger partial charge in [0.15, 0.2) is 6.10 Å². The molecule has 2 rings (SSSR count). The minimum atomic E-state index is -0.961. The topological polar surface area (TPSA) is 75.7 Å². The van der Waals surface area contributed by atoms with E-state index in [0.717, 1.165) is 11.8 Å². The summed E-state index contributed by atoms with van der Waals surface area (Å²) in [6.45, 7) is 1.85. The molecule has 22 heavy (non-hydrogen) atoms. The molecule has 0 aromatic heterocycles. The second-order valence-electron chi connectivity index (χ2n) is 4.67. The van der Waals surface area contributed by atoms with E-state index in [1.54, 1.807) is 24.3 Å². The fourth-order valence-electron chi connectivity index (χ4n) is 1.82. The van der Waals surface area contributed by atoms with Crippen LogP contribution in [0.4, 0.5) is 10.5 Å². The summed E-state index contributed by atoms with van der Waals surface area (Å²) in [4.78, 5) is 36.5. The van der Waals surface area contributed by atoms with E-state index >= 15 is 0 Å². The van der Waals surface area contributed by atoms with Gasteiger partial charge < -0.3 is 15.0 Å². The zero-order valence-corrected chi connectivity index (χ0v) is 13.4. The summed E-state index contributed by atoms with van der Waals surface area (Å²) >= 11 is 6.99. The van der Waals surface area contributed by atoms with Crippen molar-refractivity contribution in [3.05, 3.63) is 29.3 Å². The third-order valence-corrected chi connectivity index (χ3v) is 4.06. The number of rotatable bonds is 5. The fourth-order valence-corrected chi connectivity index (χ4v) is 2.84. The first-order chi connectivity index (χ1) is 10.5. The van der Waals surface area contributed by atoms with Crippen LogP contribution in [0.2, 0.25) is 5.02 Å². The second kappa shape index (κ2) is 7.51. The number of hydrogen-bond acceptors (Lipinski definition) is 5. The lowest BCUT2D eigenvalue weighted by atomic mass is 10.3. The monoisotopic (exact) mass is 342 g/mol. The number of benzene rings is 1. The summed E-state index contributed by atoms with van der Waals surface area (Å²) < 4.78 is 5.04. The van der Waals surface area contributed by atoms with Gasteiger partial charge >= 0.3 is 5.97 Å². The molecule has 1 atom stereocenters. The number of thioether (sulfide) groups is 1. The number of hydrogen-bond donors (Lipinski definition) is 1. The van der Waals surface area contributed by atoms with Gasteiger partial charge in [0.2, 0.25) is 0 Å². The van der Waals surface area contributed by atoms with Crippen molar-refractivity contribution < 1.29 is 19.1 Å². The van der Waals surface area contributed by atoms with Crippen LogP contribution in [0.25, 0.3) is 0 Å². The number of nitrogens with one attached hydrogen (secondary N) is 1. The molecule has 0 radical (unpaired) electrons. The third-order valence-electron chi connectivity index (χ3n) is 2.93. The van der Waals surface area contributed by atoms with E-state index in [1.807, 2.05) is 0 Å². The molecule has 6 nitrogen and oxygen atoms in total. The second-order valence-corrected chi connectivity index (χ2v) is 6.15. The lowest BCUT2D eigenvalue weighted by molar-refractivity contribution is -0.153. The van der Waals surface area contributed by atoms with Crippen LogP contribution < -0.4 is 5.32 Å². The molecule has 1 N–H and O–H groups in total. The van der Waals surface area contributed by atoms with E-state index < -0.39 is 18.0 Å². The Balaban J connectivity index is 1.83. The Bertz CT molecular complexity index is 596. The van der Waals surface area contributed by atoms with Crippen molar-refractivity contribution >= 4 is 46.2 Å². The molecule has 1 aromatic carbocycles. The smallest absolute Gasteiger partial charge is 0.326 e. The van der Waals surface area contributed by atoms with Crippen LogP contribution in [0.5, 0.6) is 0 Å². The molecule has 1 aliphatic rings. The third kappa shape index (κ3) is 4.64. The first kappa shape index (κ1) is 16.6. The number of ether oxygens (including phenoxy) is 1. The summed E-state index contributed by atoms with van der Waals surface area (Å²) in [5.41, 5.74) is 0.520. The first-order valence-corrected chi connectivity index (χ1v) is 7.99. The standard InChI is InChI=1S/C14H15ClN2O4S/c1-9(13(19)16-11-4-2-3-10(15)7-11)21-12(18)8-17-5-6-22-14(17)20/h2-4,7,9H,5-6,8H2,1H3,(H,16,19)/t9-/m0/s1. The summed E-state index contributed by atoms with van der Waals surface area (Å²) in [5.74, 6) is -0.404. The SMILES string of the molecule is C[C@H](OC(=O)CN1CCSC1=O)C(=O)Nc1cccc(Cl)c1. The number of anilines is 1. The Hall–Kier alpha value is -1.73. The maximum Gasteiger partial charge on any atom is 0.326 e. The molecule has 2 amide bonds. The minimum absolute atomic E-state index is 0.138. The van der Waals surface area contributed by atoms with Gasteiger partial charge in [0.1, 0.15) is 6.54 Å². The Kier molecular flexibility index (Phi) is 5.68.